The van der Waals surface area contributed by atoms with Gasteiger partial charge < -0.3 is 23.7 Å². The van der Waals surface area contributed by atoms with Crippen molar-refractivity contribution in [1.82, 2.24) is 5.43 Å². The lowest BCUT2D eigenvalue weighted by Gasteiger charge is -2.10. The summed E-state index contributed by atoms with van der Waals surface area (Å²) in [5.41, 5.74) is 3.76. The van der Waals surface area contributed by atoms with Crippen LogP contribution >= 0.6 is 0 Å². The molecule has 166 valence electrons. The number of furan rings is 1. The number of benzene rings is 2. The van der Waals surface area contributed by atoms with Crippen molar-refractivity contribution in [3.05, 3.63) is 76.7 Å². The van der Waals surface area contributed by atoms with Crippen molar-refractivity contribution in [1.29, 1.82) is 0 Å². The molecule has 0 aliphatic rings. The van der Waals surface area contributed by atoms with E-state index in [2.05, 4.69) is 15.3 Å². The lowest BCUT2D eigenvalue weighted by atomic mass is 10.1. The molecule has 0 saturated carbocycles. The molecule has 3 aromatic rings. The predicted molar refractivity (Wildman–Crippen MR) is 115 cm³/mol. The number of rotatable bonds is 8. The minimum absolute atomic E-state index is 0.0802. The zero-order valence-corrected chi connectivity index (χ0v) is 17.7. The molecule has 0 fully saturated rings. The molecule has 0 aliphatic heterocycles. The first-order valence-corrected chi connectivity index (χ1v) is 9.52. The normalized spacial score (nSPS) is 10.7. The maximum Gasteiger partial charge on any atom is 0.373 e. The van der Waals surface area contributed by atoms with E-state index in [9.17, 15) is 14.7 Å². The highest BCUT2D eigenvalue weighted by atomic mass is 16.5. The van der Waals surface area contributed by atoms with Crippen molar-refractivity contribution in [3.63, 3.8) is 0 Å². The topological polar surface area (TPSA) is 120 Å². The molecular weight excluding hydrogens is 416 g/mol. The van der Waals surface area contributed by atoms with Crippen molar-refractivity contribution in [3.8, 4) is 17.2 Å². The highest BCUT2D eigenvalue weighted by molar-refractivity contribution is 5.97. The number of aryl methyl sites for hydroxylation is 1. The Bertz CT molecular complexity index is 1150. The number of nitrogens with one attached hydrogen (secondary N) is 1. The minimum Gasteiger partial charge on any atom is -0.507 e. The van der Waals surface area contributed by atoms with Gasteiger partial charge in [0.25, 0.3) is 5.91 Å². The quantitative estimate of drug-likeness (QED) is 0.314. The van der Waals surface area contributed by atoms with Gasteiger partial charge in [-0.25, -0.2) is 10.2 Å². The molecule has 9 nitrogen and oxygen atoms in total. The molecule has 2 aromatic carbocycles. The highest BCUT2D eigenvalue weighted by Gasteiger charge is 2.13. The lowest BCUT2D eigenvalue weighted by Crippen LogP contribution is -2.17. The second-order valence-corrected chi connectivity index (χ2v) is 6.63. The number of phenolic OH excluding ortho intramolecular Hbond substituents is 1. The van der Waals surface area contributed by atoms with Gasteiger partial charge in [-0.15, -0.1) is 0 Å². The summed E-state index contributed by atoms with van der Waals surface area (Å²) in [6, 6.07) is 13.1. The third-order valence-corrected chi connectivity index (χ3v) is 4.47. The van der Waals surface area contributed by atoms with Crippen molar-refractivity contribution < 1.29 is 33.3 Å². The van der Waals surface area contributed by atoms with Gasteiger partial charge in [-0.3, -0.25) is 4.79 Å². The summed E-state index contributed by atoms with van der Waals surface area (Å²) in [4.78, 5) is 23.7. The second-order valence-electron chi connectivity index (χ2n) is 6.63. The van der Waals surface area contributed by atoms with Crippen LogP contribution in [0, 0.1) is 6.92 Å². The van der Waals surface area contributed by atoms with Crippen LogP contribution < -0.4 is 14.9 Å². The molecular formula is C23H22N2O7. The fourth-order valence-corrected chi connectivity index (χ4v) is 2.77. The number of hydrogen-bond donors (Lipinski definition) is 2. The molecule has 0 saturated heterocycles. The molecule has 0 bridgehead atoms. The summed E-state index contributed by atoms with van der Waals surface area (Å²) >= 11 is 0. The average molecular weight is 438 g/mol. The Morgan fingerprint density at radius 3 is 2.69 bits per heavy atom. The Balaban J connectivity index is 1.63. The summed E-state index contributed by atoms with van der Waals surface area (Å²) in [6.07, 6.45) is 1.44. The zero-order chi connectivity index (χ0) is 23.1. The Kier molecular flexibility index (Phi) is 7.12. The number of amides is 1. The van der Waals surface area contributed by atoms with Gasteiger partial charge in [0.1, 0.15) is 18.1 Å². The Hall–Kier alpha value is -4.27. The molecule has 0 aliphatic carbocycles. The number of para-hydroxylation sites is 1. The second kappa shape index (κ2) is 10.2. The number of ether oxygens (including phenoxy) is 3. The summed E-state index contributed by atoms with van der Waals surface area (Å²) in [5.74, 6) is 0.247. The number of hydrazone groups is 1. The number of carbonyl (C=O) groups is 2. The molecule has 1 aromatic heterocycles. The van der Waals surface area contributed by atoms with Crippen LogP contribution in [-0.4, -0.2) is 37.4 Å². The van der Waals surface area contributed by atoms with Gasteiger partial charge in [0, 0.05) is 0 Å². The van der Waals surface area contributed by atoms with E-state index in [-0.39, 0.29) is 23.7 Å². The first-order chi connectivity index (χ1) is 15.4. The molecule has 9 heteroatoms. The van der Waals surface area contributed by atoms with Crippen LogP contribution in [0.1, 0.15) is 37.8 Å². The fraction of sp³-hybridized carbons (Fsp3) is 0.174. The summed E-state index contributed by atoms with van der Waals surface area (Å²) in [5, 5.41) is 13.9. The first kappa shape index (κ1) is 22.4. The molecule has 1 amide bonds. The van der Waals surface area contributed by atoms with E-state index >= 15 is 0 Å². The third-order valence-electron chi connectivity index (χ3n) is 4.47. The molecule has 3 rings (SSSR count). The Morgan fingerprint density at radius 1 is 1.12 bits per heavy atom. The number of hydrogen-bond acceptors (Lipinski definition) is 8. The highest BCUT2D eigenvalue weighted by Crippen LogP contribution is 2.28. The van der Waals surface area contributed by atoms with E-state index in [1.807, 2.05) is 0 Å². The fourth-order valence-electron chi connectivity index (χ4n) is 2.77. The largest absolute Gasteiger partial charge is 0.507 e. The summed E-state index contributed by atoms with van der Waals surface area (Å²) in [7, 11) is 2.77. The van der Waals surface area contributed by atoms with E-state index < -0.39 is 11.9 Å². The van der Waals surface area contributed by atoms with Crippen LogP contribution in [0.3, 0.4) is 0 Å². The van der Waals surface area contributed by atoms with Crippen molar-refractivity contribution in [2.24, 2.45) is 5.10 Å². The third kappa shape index (κ3) is 5.25. The number of methoxy groups -OCH3 is 2. The van der Waals surface area contributed by atoms with Gasteiger partial charge >= 0.3 is 5.97 Å². The molecule has 0 atom stereocenters. The number of carbonyl (C=O) groups excluding carboxylic acids is 2. The van der Waals surface area contributed by atoms with Gasteiger partial charge in [0.2, 0.25) is 5.76 Å². The summed E-state index contributed by atoms with van der Waals surface area (Å²) < 4.78 is 21.0. The van der Waals surface area contributed by atoms with Crippen molar-refractivity contribution in [2.75, 3.05) is 14.2 Å². The van der Waals surface area contributed by atoms with Crippen LogP contribution in [-0.2, 0) is 11.3 Å². The van der Waals surface area contributed by atoms with Crippen LogP contribution in [0.15, 0.2) is 58.0 Å². The smallest absolute Gasteiger partial charge is 0.373 e. The van der Waals surface area contributed by atoms with Crippen LogP contribution in [0.5, 0.6) is 17.2 Å². The van der Waals surface area contributed by atoms with Crippen molar-refractivity contribution in [2.45, 2.75) is 13.5 Å². The molecule has 0 radical (unpaired) electrons. The average Bonchev–Trinajstić information content (AvgIpc) is 3.28. The maximum atomic E-state index is 12.2. The van der Waals surface area contributed by atoms with E-state index in [1.165, 1.54) is 32.6 Å². The zero-order valence-electron chi connectivity index (χ0n) is 17.7. The Morgan fingerprint density at radius 2 is 1.94 bits per heavy atom. The molecule has 0 spiro atoms. The molecule has 32 heavy (non-hydrogen) atoms. The van der Waals surface area contributed by atoms with Crippen molar-refractivity contribution >= 4 is 18.1 Å². The van der Waals surface area contributed by atoms with E-state index in [1.54, 1.807) is 43.3 Å². The lowest BCUT2D eigenvalue weighted by molar-refractivity contribution is 0.0560. The molecule has 1 heterocycles. The predicted octanol–water partition coefficient (Wildman–Crippen LogP) is 3.43. The van der Waals surface area contributed by atoms with E-state index in [0.29, 0.717) is 28.4 Å². The Labute approximate surface area is 184 Å². The standard InChI is InChI=1S/C23H22N2O7/c1-14-5-4-6-17(21(14)26)22(27)25-24-12-15-7-9-18(20(11-15)29-2)31-13-16-8-10-19(32-16)23(28)30-3/h4-12,26H,13H2,1-3H3,(H,25,27)/b24-12-. The number of aromatic hydroxyl groups is 1. The number of esters is 1. The maximum absolute atomic E-state index is 12.2. The van der Waals surface area contributed by atoms with Crippen LogP contribution in [0.4, 0.5) is 0 Å². The number of phenols is 1. The SMILES string of the molecule is COC(=O)c1ccc(COc2ccc(/C=N\NC(=O)c3cccc(C)c3O)cc2OC)o1. The van der Waals surface area contributed by atoms with Crippen LogP contribution in [0.25, 0.3) is 0 Å². The van der Waals surface area contributed by atoms with Gasteiger partial charge in [-0.05, 0) is 54.4 Å². The van der Waals surface area contributed by atoms with Gasteiger partial charge in [-0.1, -0.05) is 12.1 Å². The monoisotopic (exact) mass is 438 g/mol. The van der Waals surface area contributed by atoms with E-state index in [4.69, 9.17) is 13.9 Å². The van der Waals surface area contributed by atoms with Gasteiger partial charge in [-0.2, -0.15) is 5.10 Å². The minimum atomic E-state index is -0.567. The van der Waals surface area contributed by atoms with Gasteiger partial charge in [0.15, 0.2) is 11.5 Å². The summed E-state index contributed by atoms with van der Waals surface area (Å²) in [6.45, 7) is 1.78. The number of nitrogens with zero attached hydrogens (tertiary/aromatic N) is 1. The van der Waals surface area contributed by atoms with E-state index in [0.717, 1.165) is 0 Å². The molecule has 2 N–H and O–H groups in total. The molecule has 0 unspecified atom stereocenters. The first-order valence-electron chi connectivity index (χ1n) is 9.52. The van der Waals surface area contributed by atoms with Crippen LogP contribution in [0.2, 0.25) is 0 Å². The van der Waals surface area contributed by atoms with Gasteiger partial charge in [0.05, 0.1) is 26.0 Å².